The first-order chi connectivity index (χ1) is 10.5. The summed E-state index contributed by atoms with van der Waals surface area (Å²) in [6.45, 7) is 1.80. The molecule has 0 unspecified atom stereocenters. The Morgan fingerprint density at radius 1 is 1.09 bits per heavy atom. The van der Waals surface area contributed by atoms with E-state index in [1.165, 1.54) is 30.1 Å². The first-order valence-electron chi connectivity index (χ1n) is 6.84. The lowest BCUT2D eigenvalue weighted by atomic mass is 10.2. The van der Waals surface area contributed by atoms with Crippen molar-refractivity contribution >= 4 is 17.5 Å². The summed E-state index contributed by atoms with van der Waals surface area (Å²) in [6, 6.07) is 13.0. The van der Waals surface area contributed by atoms with E-state index in [0.717, 1.165) is 5.56 Å². The van der Waals surface area contributed by atoms with Crippen molar-refractivity contribution in [2.24, 2.45) is 0 Å². The lowest BCUT2D eigenvalue weighted by molar-refractivity contribution is -0.116. The monoisotopic (exact) mass is 300 g/mol. The third kappa shape index (κ3) is 3.91. The number of hydrogen-bond acceptors (Lipinski definition) is 2. The number of aryl methyl sites for hydroxylation is 1. The van der Waals surface area contributed by atoms with Gasteiger partial charge in [0.1, 0.15) is 5.82 Å². The molecule has 0 atom stereocenters. The molecule has 0 spiro atoms. The molecule has 0 radical (unpaired) electrons. The van der Waals surface area contributed by atoms with Crippen LogP contribution in [0.5, 0.6) is 0 Å². The number of likely N-dealkylation sites (N-methyl/N-ethyl adjacent to an activating group) is 1. The van der Waals surface area contributed by atoms with E-state index in [2.05, 4.69) is 5.32 Å². The minimum Gasteiger partial charge on any atom is -0.332 e. The zero-order valence-electron chi connectivity index (χ0n) is 12.5. The summed E-state index contributed by atoms with van der Waals surface area (Å²) in [6.07, 6.45) is 0. The molecule has 0 saturated carbocycles. The molecule has 22 heavy (non-hydrogen) atoms. The van der Waals surface area contributed by atoms with Crippen molar-refractivity contribution in [3.63, 3.8) is 0 Å². The maximum absolute atomic E-state index is 13.6. The third-order valence-electron chi connectivity index (χ3n) is 3.17. The second-order valence-electron chi connectivity index (χ2n) is 5.06. The second-order valence-corrected chi connectivity index (χ2v) is 5.06. The molecule has 0 aliphatic carbocycles. The molecule has 0 aromatic heterocycles. The summed E-state index contributed by atoms with van der Waals surface area (Å²) >= 11 is 0. The average Bonchev–Trinajstić information content (AvgIpc) is 2.49. The van der Waals surface area contributed by atoms with Crippen molar-refractivity contribution in [1.82, 2.24) is 4.90 Å². The highest BCUT2D eigenvalue weighted by Gasteiger charge is 2.17. The van der Waals surface area contributed by atoms with E-state index in [1.54, 1.807) is 18.2 Å². The van der Waals surface area contributed by atoms with Gasteiger partial charge in [0.2, 0.25) is 5.91 Å². The summed E-state index contributed by atoms with van der Waals surface area (Å²) in [5.74, 6) is -1.47. The van der Waals surface area contributed by atoms with Crippen LogP contribution < -0.4 is 5.32 Å². The van der Waals surface area contributed by atoms with Crippen molar-refractivity contribution in [2.75, 3.05) is 18.9 Å². The van der Waals surface area contributed by atoms with Gasteiger partial charge in [-0.2, -0.15) is 0 Å². The fourth-order valence-electron chi connectivity index (χ4n) is 1.96. The summed E-state index contributed by atoms with van der Waals surface area (Å²) < 4.78 is 13.6. The van der Waals surface area contributed by atoms with Crippen LogP contribution in [0.1, 0.15) is 15.9 Å². The molecule has 0 heterocycles. The van der Waals surface area contributed by atoms with E-state index in [0.29, 0.717) is 5.69 Å². The van der Waals surface area contributed by atoms with Gasteiger partial charge in [0, 0.05) is 12.7 Å². The van der Waals surface area contributed by atoms with Gasteiger partial charge in [-0.1, -0.05) is 29.8 Å². The van der Waals surface area contributed by atoms with Crippen molar-refractivity contribution in [1.29, 1.82) is 0 Å². The number of carbonyl (C=O) groups is 2. The van der Waals surface area contributed by atoms with Crippen LogP contribution in [0, 0.1) is 12.7 Å². The molecule has 0 aliphatic heterocycles. The Bertz CT molecular complexity index is 683. The Morgan fingerprint density at radius 3 is 2.36 bits per heavy atom. The average molecular weight is 300 g/mol. The van der Waals surface area contributed by atoms with Crippen molar-refractivity contribution in [2.45, 2.75) is 6.92 Å². The standard InChI is InChI=1S/C17H17FN2O2/c1-12-7-9-13(10-8-12)19-16(21)11-20(2)17(22)14-5-3-4-6-15(14)18/h3-10H,11H2,1-2H3,(H,19,21). The molecule has 2 aromatic rings. The Labute approximate surface area is 128 Å². The van der Waals surface area contributed by atoms with E-state index >= 15 is 0 Å². The number of benzene rings is 2. The predicted octanol–water partition coefficient (Wildman–Crippen LogP) is 2.84. The quantitative estimate of drug-likeness (QED) is 0.944. The van der Waals surface area contributed by atoms with Gasteiger partial charge in [-0.3, -0.25) is 9.59 Å². The van der Waals surface area contributed by atoms with E-state index < -0.39 is 11.7 Å². The fraction of sp³-hybridized carbons (Fsp3) is 0.176. The first-order valence-corrected chi connectivity index (χ1v) is 6.84. The van der Waals surface area contributed by atoms with Gasteiger partial charge < -0.3 is 10.2 Å². The smallest absolute Gasteiger partial charge is 0.257 e. The predicted molar refractivity (Wildman–Crippen MR) is 83.2 cm³/mol. The SMILES string of the molecule is Cc1ccc(NC(=O)CN(C)C(=O)c2ccccc2F)cc1. The number of nitrogens with one attached hydrogen (secondary N) is 1. The number of rotatable bonds is 4. The lowest BCUT2D eigenvalue weighted by Crippen LogP contribution is -2.35. The molecule has 0 bridgehead atoms. The summed E-state index contributed by atoms with van der Waals surface area (Å²) in [5.41, 5.74) is 1.69. The molecule has 4 nitrogen and oxygen atoms in total. The zero-order valence-corrected chi connectivity index (χ0v) is 12.5. The van der Waals surface area contributed by atoms with Gasteiger partial charge >= 0.3 is 0 Å². The van der Waals surface area contributed by atoms with Crippen LogP contribution in [0.25, 0.3) is 0 Å². The van der Waals surface area contributed by atoms with Crippen LogP contribution in [0.15, 0.2) is 48.5 Å². The van der Waals surface area contributed by atoms with Crippen molar-refractivity contribution in [3.8, 4) is 0 Å². The van der Waals surface area contributed by atoms with Gasteiger partial charge in [-0.25, -0.2) is 4.39 Å². The normalized spacial score (nSPS) is 10.1. The summed E-state index contributed by atoms with van der Waals surface area (Å²) in [7, 11) is 1.46. The molecular formula is C17H17FN2O2. The molecule has 0 aliphatic rings. The maximum Gasteiger partial charge on any atom is 0.257 e. The minimum atomic E-state index is -0.599. The molecule has 1 N–H and O–H groups in total. The van der Waals surface area contributed by atoms with Crippen molar-refractivity contribution in [3.05, 3.63) is 65.5 Å². The van der Waals surface area contributed by atoms with Crippen LogP contribution in [0.4, 0.5) is 10.1 Å². The highest BCUT2D eigenvalue weighted by Crippen LogP contribution is 2.10. The van der Waals surface area contributed by atoms with Crippen LogP contribution in [-0.4, -0.2) is 30.3 Å². The van der Waals surface area contributed by atoms with Gasteiger partial charge in [-0.05, 0) is 31.2 Å². The van der Waals surface area contributed by atoms with E-state index in [9.17, 15) is 14.0 Å². The van der Waals surface area contributed by atoms with Crippen molar-refractivity contribution < 1.29 is 14.0 Å². The number of carbonyl (C=O) groups excluding carboxylic acids is 2. The van der Waals surface area contributed by atoms with Crippen LogP contribution in [0.3, 0.4) is 0 Å². The molecule has 5 heteroatoms. The van der Waals surface area contributed by atoms with Crippen LogP contribution in [0.2, 0.25) is 0 Å². The molecule has 2 amide bonds. The topological polar surface area (TPSA) is 49.4 Å². The van der Waals surface area contributed by atoms with Crippen LogP contribution in [-0.2, 0) is 4.79 Å². The molecule has 2 rings (SSSR count). The molecule has 2 aromatic carbocycles. The first kappa shape index (κ1) is 15.7. The lowest BCUT2D eigenvalue weighted by Gasteiger charge is -2.17. The molecular weight excluding hydrogens is 283 g/mol. The third-order valence-corrected chi connectivity index (χ3v) is 3.17. The Morgan fingerprint density at radius 2 is 1.73 bits per heavy atom. The molecule has 114 valence electrons. The Hall–Kier alpha value is -2.69. The number of hydrogen-bond donors (Lipinski definition) is 1. The van der Waals surface area contributed by atoms with E-state index in [4.69, 9.17) is 0 Å². The fourth-order valence-corrected chi connectivity index (χ4v) is 1.96. The molecule has 0 fully saturated rings. The second kappa shape index (κ2) is 6.85. The summed E-state index contributed by atoms with van der Waals surface area (Å²) in [4.78, 5) is 25.2. The zero-order chi connectivity index (χ0) is 16.1. The number of nitrogens with zero attached hydrogens (tertiary/aromatic N) is 1. The van der Waals surface area contributed by atoms with Gasteiger partial charge in [0.05, 0.1) is 12.1 Å². The minimum absolute atomic E-state index is 0.0480. The largest absolute Gasteiger partial charge is 0.332 e. The number of amides is 2. The number of halogens is 1. The highest BCUT2D eigenvalue weighted by molar-refractivity contribution is 5.99. The number of anilines is 1. The van der Waals surface area contributed by atoms with E-state index in [1.807, 2.05) is 19.1 Å². The van der Waals surface area contributed by atoms with Crippen LogP contribution >= 0.6 is 0 Å². The van der Waals surface area contributed by atoms with Gasteiger partial charge in [-0.15, -0.1) is 0 Å². The van der Waals surface area contributed by atoms with Gasteiger partial charge in [0.15, 0.2) is 0 Å². The van der Waals surface area contributed by atoms with E-state index in [-0.39, 0.29) is 18.0 Å². The maximum atomic E-state index is 13.6. The summed E-state index contributed by atoms with van der Waals surface area (Å²) in [5, 5.41) is 2.69. The van der Waals surface area contributed by atoms with Gasteiger partial charge in [0.25, 0.3) is 5.91 Å². The Kier molecular flexibility index (Phi) is 4.88. The molecule has 0 saturated heterocycles. The Balaban J connectivity index is 1.97. The highest BCUT2D eigenvalue weighted by atomic mass is 19.1.